The van der Waals surface area contributed by atoms with Crippen LogP contribution < -0.4 is 29.1 Å². The number of hydrogen-bond donors (Lipinski definition) is 0. The van der Waals surface area contributed by atoms with E-state index < -0.39 is 12.0 Å². The lowest BCUT2D eigenvalue weighted by Gasteiger charge is -2.23. The fourth-order valence-electron chi connectivity index (χ4n) is 5.19. The summed E-state index contributed by atoms with van der Waals surface area (Å²) in [5, 5.41) is 0. The molecule has 0 bridgehead atoms. The summed E-state index contributed by atoms with van der Waals surface area (Å²) in [6.07, 6.45) is 3.37. The zero-order valence-electron chi connectivity index (χ0n) is 24.5. The zero-order valence-corrected chi connectivity index (χ0v) is 25.3. The maximum absolute atomic E-state index is 14.0. The van der Waals surface area contributed by atoms with Crippen LogP contribution in [0.2, 0.25) is 0 Å². The third-order valence-corrected chi connectivity index (χ3v) is 8.09. The summed E-state index contributed by atoms with van der Waals surface area (Å²) < 4.78 is 26.1. The molecule has 0 fully saturated rings. The third-order valence-electron chi connectivity index (χ3n) is 7.10. The minimum Gasteiger partial charge on any atom is -0.497 e. The number of ether oxygens (including phenoxy) is 4. The molecular formula is C32H33N3O6S. The Morgan fingerprint density at radius 1 is 1.00 bits per heavy atom. The van der Waals surface area contributed by atoms with Gasteiger partial charge in [0.1, 0.15) is 5.75 Å². The lowest BCUT2D eigenvalue weighted by atomic mass is 9.97. The van der Waals surface area contributed by atoms with Crippen molar-refractivity contribution in [2.45, 2.75) is 33.7 Å². The van der Waals surface area contributed by atoms with Crippen molar-refractivity contribution in [3.8, 4) is 22.9 Å². The Kier molecular flexibility index (Phi) is 8.35. The van der Waals surface area contributed by atoms with Gasteiger partial charge in [-0.05, 0) is 87.4 Å². The van der Waals surface area contributed by atoms with E-state index in [0.717, 1.165) is 28.4 Å². The number of aromatic nitrogens is 2. The molecule has 0 saturated carbocycles. The number of carbonyl (C=O) groups excluding carboxylic acids is 1. The van der Waals surface area contributed by atoms with Gasteiger partial charge >= 0.3 is 5.97 Å². The Morgan fingerprint density at radius 2 is 1.71 bits per heavy atom. The number of esters is 1. The fourth-order valence-corrected chi connectivity index (χ4v) is 6.15. The van der Waals surface area contributed by atoms with E-state index in [1.54, 1.807) is 23.8 Å². The molecule has 3 heterocycles. The van der Waals surface area contributed by atoms with Crippen molar-refractivity contribution >= 4 is 23.4 Å². The van der Waals surface area contributed by atoms with E-state index in [1.807, 2.05) is 64.1 Å². The number of hydrogen-bond acceptors (Lipinski definition) is 8. The summed E-state index contributed by atoms with van der Waals surface area (Å²) in [4.78, 5) is 31.8. The highest BCUT2D eigenvalue weighted by Gasteiger charge is 2.31. The molecule has 5 rings (SSSR count). The van der Waals surface area contributed by atoms with Gasteiger partial charge in [-0.25, -0.2) is 9.79 Å². The van der Waals surface area contributed by atoms with Crippen LogP contribution in [-0.4, -0.2) is 42.5 Å². The minimum atomic E-state index is -0.752. The summed E-state index contributed by atoms with van der Waals surface area (Å²) in [6, 6.07) is 14.6. The summed E-state index contributed by atoms with van der Waals surface area (Å²) in [7, 11) is 2.95. The minimum absolute atomic E-state index is 0.251. The average Bonchev–Trinajstić information content (AvgIpc) is 3.47. The molecule has 1 aliphatic rings. The van der Waals surface area contributed by atoms with Crippen molar-refractivity contribution in [2.24, 2.45) is 4.99 Å². The highest BCUT2D eigenvalue weighted by Crippen LogP contribution is 2.35. The van der Waals surface area contributed by atoms with Crippen LogP contribution in [0.25, 0.3) is 11.8 Å². The highest BCUT2D eigenvalue weighted by atomic mass is 32.1. The van der Waals surface area contributed by atoms with Crippen molar-refractivity contribution in [3.63, 3.8) is 0 Å². The van der Waals surface area contributed by atoms with Crippen molar-refractivity contribution in [3.05, 3.63) is 103 Å². The van der Waals surface area contributed by atoms with Gasteiger partial charge in [0.25, 0.3) is 5.56 Å². The van der Waals surface area contributed by atoms with E-state index in [4.69, 9.17) is 18.9 Å². The maximum Gasteiger partial charge on any atom is 0.337 e. The summed E-state index contributed by atoms with van der Waals surface area (Å²) in [5.74, 6) is 1.34. The van der Waals surface area contributed by atoms with E-state index in [1.165, 1.54) is 24.6 Å². The van der Waals surface area contributed by atoms with Gasteiger partial charge in [0.2, 0.25) is 0 Å². The van der Waals surface area contributed by atoms with Gasteiger partial charge in [-0.1, -0.05) is 17.4 Å². The number of benzene rings is 2. The van der Waals surface area contributed by atoms with E-state index >= 15 is 0 Å². The predicted octanol–water partition coefficient (Wildman–Crippen LogP) is 4.23. The Bertz CT molecular complexity index is 1850. The first kappa shape index (κ1) is 28.9. The normalized spacial score (nSPS) is 14.6. The van der Waals surface area contributed by atoms with Crippen molar-refractivity contribution in [1.82, 2.24) is 9.13 Å². The zero-order chi connectivity index (χ0) is 30.0. The van der Waals surface area contributed by atoms with Gasteiger partial charge in [-0.2, -0.15) is 0 Å². The summed E-state index contributed by atoms with van der Waals surface area (Å²) >= 11 is 1.28. The molecule has 1 aliphatic heterocycles. The first-order valence-corrected chi connectivity index (χ1v) is 14.4. The van der Waals surface area contributed by atoms with Crippen molar-refractivity contribution in [2.75, 3.05) is 27.4 Å². The Balaban J connectivity index is 1.64. The summed E-state index contributed by atoms with van der Waals surface area (Å²) in [6.45, 7) is 8.74. The van der Waals surface area contributed by atoms with Gasteiger partial charge in [0, 0.05) is 23.3 Å². The van der Waals surface area contributed by atoms with E-state index in [2.05, 4.69) is 15.6 Å². The number of fused-ring (bicyclic) bond motifs is 1. The molecule has 0 saturated heterocycles. The monoisotopic (exact) mass is 587 g/mol. The molecule has 0 amide bonds. The second kappa shape index (κ2) is 12.1. The second-order valence-electron chi connectivity index (χ2n) is 9.61. The Morgan fingerprint density at radius 3 is 2.38 bits per heavy atom. The molecule has 42 heavy (non-hydrogen) atoms. The van der Waals surface area contributed by atoms with Crippen molar-refractivity contribution < 1.29 is 23.7 Å². The van der Waals surface area contributed by atoms with Crippen LogP contribution in [0, 0.1) is 13.8 Å². The quantitative estimate of drug-likeness (QED) is 0.272. The molecule has 0 radical (unpaired) electrons. The number of rotatable bonds is 9. The number of nitrogens with zero attached hydrogens (tertiary/aromatic N) is 3. The standard InChI is InChI=1S/C32H33N3O6S/c1-7-40-26-14-9-21(16-27(26)41-8-2)29-25(31(37)39-6)18-33-32-35(29)30(36)28(42-32)17-22-15-19(3)34(20(22)4)23-10-12-24(38-5)13-11-23/h9-18,29H,7-8H2,1-6H3/b28-17-/t29-/m0/s1. The maximum atomic E-state index is 14.0. The van der Waals surface area contributed by atoms with Crippen LogP contribution in [0.3, 0.4) is 0 Å². The fraction of sp³-hybridized carbons (Fsp3) is 0.281. The first-order valence-electron chi connectivity index (χ1n) is 13.6. The van der Waals surface area contributed by atoms with Crippen LogP contribution >= 0.6 is 11.3 Å². The third kappa shape index (κ3) is 5.25. The number of methoxy groups -OCH3 is 2. The van der Waals surface area contributed by atoms with Gasteiger partial charge in [0.15, 0.2) is 16.3 Å². The number of aryl methyl sites for hydroxylation is 1. The molecule has 9 nitrogen and oxygen atoms in total. The van der Waals surface area contributed by atoms with Gasteiger partial charge in [-0.15, -0.1) is 0 Å². The lowest BCUT2D eigenvalue weighted by molar-refractivity contribution is -0.136. The van der Waals surface area contributed by atoms with Crippen LogP contribution in [-0.2, 0) is 9.53 Å². The van der Waals surface area contributed by atoms with Gasteiger partial charge in [-0.3, -0.25) is 9.36 Å². The molecule has 2 aromatic carbocycles. The molecular weight excluding hydrogens is 554 g/mol. The van der Waals surface area contributed by atoms with Gasteiger partial charge < -0.3 is 23.5 Å². The molecule has 0 N–H and O–H groups in total. The molecule has 0 unspecified atom stereocenters. The smallest absolute Gasteiger partial charge is 0.337 e. The van der Waals surface area contributed by atoms with E-state index in [-0.39, 0.29) is 11.1 Å². The molecule has 2 aromatic heterocycles. The second-order valence-corrected chi connectivity index (χ2v) is 10.6. The molecule has 4 aromatic rings. The Labute approximate surface area is 247 Å². The van der Waals surface area contributed by atoms with Gasteiger partial charge in [0.05, 0.1) is 43.6 Å². The molecule has 218 valence electrons. The number of thiazole rings is 1. The predicted molar refractivity (Wildman–Crippen MR) is 162 cm³/mol. The van der Waals surface area contributed by atoms with Crippen LogP contribution in [0.15, 0.2) is 70.1 Å². The topological polar surface area (TPSA) is 93.3 Å². The SMILES string of the molecule is CCOc1ccc([C@H]2C(C(=O)OC)=CN=c3s/c(=C\c4cc(C)n(-c5ccc(OC)cc5)c4C)c(=O)n32)cc1OCC. The van der Waals surface area contributed by atoms with Crippen molar-refractivity contribution in [1.29, 1.82) is 0 Å². The number of carbonyl (C=O) groups is 1. The molecule has 1 atom stereocenters. The van der Waals surface area contributed by atoms with E-state index in [9.17, 15) is 9.59 Å². The average molecular weight is 588 g/mol. The Hall–Kier alpha value is -4.57. The molecule has 0 aliphatic carbocycles. The largest absolute Gasteiger partial charge is 0.497 e. The highest BCUT2D eigenvalue weighted by molar-refractivity contribution is 7.07. The van der Waals surface area contributed by atoms with Crippen LogP contribution in [0.1, 0.15) is 42.4 Å². The first-order chi connectivity index (χ1) is 20.3. The molecule has 0 spiro atoms. The summed E-state index contributed by atoms with van der Waals surface area (Å²) in [5.41, 5.74) is 4.61. The van der Waals surface area contributed by atoms with E-state index in [0.29, 0.717) is 39.6 Å². The van der Waals surface area contributed by atoms with Crippen LogP contribution in [0.4, 0.5) is 0 Å². The molecule has 10 heteroatoms. The lowest BCUT2D eigenvalue weighted by Crippen LogP contribution is -2.39. The van der Waals surface area contributed by atoms with Crippen LogP contribution in [0.5, 0.6) is 17.2 Å².